The standard InChI is InChI=1S/C32H25FN6O5/c1-43-23-10-4-20(5-11-23)18-38-19-26-27(14-15-34-29(26)37-32(38)42)44-24-12-13-28(35-17-24)36-30(40)25-3-2-16-39(31(25)41)22-8-6-21(33)7-9-22/h2-17H,18-19H2,1H3,(H,34,37,42)(H,35,36,40). The third-order valence-electron chi connectivity index (χ3n) is 6.91. The second-order valence-electron chi connectivity index (χ2n) is 9.78. The molecule has 0 saturated heterocycles. The molecule has 3 amide bonds. The first-order chi connectivity index (χ1) is 21.4. The zero-order chi connectivity index (χ0) is 30.6. The van der Waals surface area contributed by atoms with E-state index in [0.29, 0.717) is 35.1 Å². The van der Waals surface area contributed by atoms with Gasteiger partial charge in [-0.1, -0.05) is 12.1 Å². The Bertz CT molecular complexity index is 1890. The summed E-state index contributed by atoms with van der Waals surface area (Å²) in [5.41, 5.74) is 1.38. The molecule has 0 aliphatic carbocycles. The summed E-state index contributed by atoms with van der Waals surface area (Å²) in [6, 6.07) is 20.4. The maximum absolute atomic E-state index is 13.3. The van der Waals surface area contributed by atoms with Gasteiger partial charge in [0.25, 0.3) is 11.5 Å². The molecule has 1 aliphatic heterocycles. The highest BCUT2D eigenvalue weighted by molar-refractivity contribution is 6.03. The van der Waals surface area contributed by atoms with Crippen LogP contribution >= 0.6 is 0 Å². The highest BCUT2D eigenvalue weighted by atomic mass is 19.1. The molecule has 0 spiro atoms. The molecule has 0 atom stereocenters. The van der Waals surface area contributed by atoms with Gasteiger partial charge in [0.05, 0.1) is 25.4 Å². The number of halogens is 1. The molecule has 0 bridgehead atoms. The molecule has 220 valence electrons. The average Bonchev–Trinajstić information content (AvgIpc) is 3.03. The van der Waals surface area contributed by atoms with Crippen molar-refractivity contribution >= 4 is 23.6 Å². The van der Waals surface area contributed by atoms with E-state index >= 15 is 0 Å². The van der Waals surface area contributed by atoms with Gasteiger partial charge in [0.2, 0.25) is 0 Å². The summed E-state index contributed by atoms with van der Waals surface area (Å²) >= 11 is 0. The summed E-state index contributed by atoms with van der Waals surface area (Å²) in [5, 5.41) is 5.43. The van der Waals surface area contributed by atoms with Crippen molar-refractivity contribution in [2.24, 2.45) is 0 Å². The minimum absolute atomic E-state index is 0.108. The van der Waals surface area contributed by atoms with Crippen LogP contribution < -0.4 is 25.7 Å². The first-order valence-corrected chi connectivity index (χ1v) is 13.5. The summed E-state index contributed by atoms with van der Waals surface area (Å²) < 4.78 is 25.9. The van der Waals surface area contributed by atoms with Gasteiger partial charge in [0.15, 0.2) is 0 Å². The van der Waals surface area contributed by atoms with E-state index in [1.807, 2.05) is 24.3 Å². The van der Waals surface area contributed by atoms with Gasteiger partial charge >= 0.3 is 6.03 Å². The van der Waals surface area contributed by atoms with E-state index in [1.54, 1.807) is 36.3 Å². The van der Waals surface area contributed by atoms with Crippen LogP contribution in [-0.2, 0) is 13.1 Å². The van der Waals surface area contributed by atoms with Crippen molar-refractivity contribution in [3.63, 3.8) is 0 Å². The zero-order valence-corrected chi connectivity index (χ0v) is 23.4. The lowest BCUT2D eigenvalue weighted by Crippen LogP contribution is -2.38. The third-order valence-corrected chi connectivity index (χ3v) is 6.91. The molecular weight excluding hydrogens is 567 g/mol. The van der Waals surface area contributed by atoms with Crippen molar-refractivity contribution in [1.29, 1.82) is 0 Å². The summed E-state index contributed by atoms with van der Waals surface area (Å²) in [6.07, 6.45) is 4.47. The molecule has 1 aliphatic rings. The number of nitrogens with one attached hydrogen (secondary N) is 2. The lowest BCUT2D eigenvalue weighted by atomic mass is 10.1. The van der Waals surface area contributed by atoms with Crippen molar-refractivity contribution in [2.75, 3.05) is 17.7 Å². The van der Waals surface area contributed by atoms with Crippen molar-refractivity contribution in [1.82, 2.24) is 19.4 Å². The molecule has 2 N–H and O–H groups in total. The van der Waals surface area contributed by atoms with Crippen LogP contribution in [0.3, 0.4) is 0 Å². The molecule has 0 radical (unpaired) electrons. The van der Waals surface area contributed by atoms with Crippen LogP contribution in [0.25, 0.3) is 5.69 Å². The number of rotatable bonds is 8. The molecule has 2 aromatic carbocycles. The van der Waals surface area contributed by atoms with Gasteiger partial charge in [0.1, 0.15) is 40.3 Å². The minimum atomic E-state index is -0.650. The molecule has 0 fully saturated rings. The van der Waals surface area contributed by atoms with E-state index in [1.165, 1.54) is 53.5 Å². The van der Waals surface area contributed by atoms with Gasteiger partial charge < -0.3 is 19.7 Å². The number of hydrogen-bond donors (Lipinski definition) is 2. The molecular formula is C32H25FN6O5. The molecule has 3 aromatic heterocycles. The Morgan fingerprint density at radius 3 is 2.48 bits per heavy atom. The number of anilines is 2. The Morgan fingerprint density at radius 2 is 1.75 bits per heavy atom. The van der Waals surface area contributed by atoms with Crippen LogP contribution in [0.1, 0.15) is 21.5 Å². The van der Waals surface area contributed by atoms with E-state index in [-0.39, 0.29) is 24.0 Å². The number of ether oxygens (including phenoxy) is 2. The van der Waals surface area contributed by atoms with Gasteiger partial charge in [-0.15, -0.1) is 0 Å². The lowest BCUT2D eigenvalue weighted by Gasteiger charge is -2.29. The van der Waals surface area contributed by atoms with Gasteiger partial charge in [-0.2, -0.15) is 0 Å². The van der Waals surface area contributed by atoms with Crippen LogP contribution in [0.2, 0.25) is 0 Å². The zero-order valence-electron chi connectivity index (χ0n) is 23.4. The van der Waals surface area contributed by atoms with Crippen LogP contribution in [0, 0.1) is 5.82 Å². The molecule has 11 nitrogen and oxygen atoms in total. The second-order valence-corrected chi connectivity index (χ2v) is 9.78. The SMILES string of the molecule is COc1ccc(CN2Cc3c(Oc4ccc(NC(=O)c5cccn(-c6ccc(F)cc6)c5=O)nc4)ccnc3NC2=O)cc1. The fourth-order valence-electron chi connectivity index (χ4n) is 4.65. The smallest absolute Gasteiger partial charge is 0.323 e. The molecule has 44 heavy (non-hydrogen) atoms. The Hall–Kier alpha value is -6.04. The number of nitrogens with zero attached hydrogens (tertiary/aromatic N) is 4. The number of urea groups is 1. The number of amides is 3. The number of pyridine rings is 3. The molecule has 4 heterocycles. The number of carbonyl (C=O) groups excluding carboxylic acids is 2. The molecule has 6 rings (SSSR count). The predicted octanol–water partition coefficient (Wildman–Crippen LogP) is 5.37. The number of methoxy groups -OCH3 is 1. The number of benzene rings is 2. The number of fused-ring (bicyclic) bond motifs is 1. The Labute approximate surface area is 250 Å². The normalized spacial score (nSPS) is 12.2. The van der Waals surface area contributed by atoms with Crippen LogP contribution in [-0.4, -0.2) is 38.5 Å². The Kier molecular flexibility index (Phi) is 7.70. The van der Waals surface area contributed by atoms with Gasteiger partial charge in [-0.3, -0.25) is 19.5 Å². The van der Waals surface area contributed by atoms with E-state index in [9.17, 15) is 18.8 Å². The Morgan fingerprint density at radius 1 is 0.977 bits per heavy atom. The highest BCUT2D eigenvalue weighted by Gasteiger charge is 2.27. The molecule has 12 heteroatoms. The second kappa shape index (κ2) is 12.1. The van der Waals surface area contributed by atoms with Gasteiger partial charge in [-0.25, -0.2) is 19.2 Å². The summed E-state index contributed by atoms with van der Waals surface area (Å²) in [4.78, 5) is 48.8. The average molecular weight is 593 g/mol. The number of aromatic nitrogens is 3. The van der Waals surface area contributed by atoms with E-state index in [2.05, 4.69) is 20.6 Å². The number of hydrogen-bond acceptors (Lipinski definition) is 7. The first-order valence-electron chi connectivity index (χ1n) is 13.5. The minimum Gasteiger partial charge on any atom is -0.497 e. The van der Waals surface area contributed by atoms with Crippen molar-refractivity contribution in [3.8, 4) is 22.9 Å². The van der Waals surface area contributed by atoms with Crippen molar-refractivity contribution in [2.45, 2.75) is 13.1 Å². The number of carbonyl (C=O) groups is 2. The summed E-state index contributed by atoms with van der Waals surface area (Å²) in [5.74, 6) is 1.12. The summed E-state index contributed by atoms with van der Waals surface area (Å²) in [6.45, 7) is 0.639. The van der Waals surface area contributed by atoms with Gasteiger partial charge in [-0.05, 0) is 72.3 Å². The van der Waals surface area contributed by atoms with E-state index in [0.717, 1.165) is 11.3 Å². The fraction of sp³-hybridized carbons (Fsp3) is 0.0938. The molecule has 5 aromatic rings. The van der Waals surface area contributed by atoms with Crippen LogP contribution in [0.15, 0.2) is 102 Å². The van der Waals surface area contributed by atoms with E-state index < -0.39 is 17.3 Å². The molecule has 0 unspecified atom stereocenters. The van der Waals surface area contributed by atoms with E-state index in [4.69, 9.17) is 9.47 Å². The topological polar surface area (TPSA) is 128 Å². The Balaban J connectivity index is 1.14. The maximum atomic E-state index is 13.3. The van der Waals surface area contributed by atoms with Crippen molar-refractivity contribution in [3.05, 3.63) is 130 Å². The van der Waals surface area contributed by atoms with Gasteiger partial charge in [0, 0.05) is 24.6 Å². The monoisotopic (exact) mass is 592 g/mol. The predicted molar refractivity (Wildman–Crippen MR) is 160 cm³/mol. The summed E-state index contributed by atoms with van der Waals surface area (Å²) in [7, 11) is 1.60. The quantitative estimate of drug-likeness (QED) is 0.248. The molecule has 0 saturated carbocycles. The largest absolute Gasteiger partial charge is 0.497 e. The highest BCUT2D eigenvalue weighted by Crippen LogP contribution is 2.33. The fourth-order valence-corrected chi connectivity index (χ4v) is 4.65. The maximum Gasteiger partial charge on any atom is 0.323 e. The van der Waals surface area contributed by atoms with Crippen molar-refractivity contribution < 1.29 is 23.5 Å². The third kappa shape index (κ3) is 5.95. The van der Waals surface area contributed by atoms with Crippen LogP contribution in [0.4, 0.5) is 20.8 Å². The van der Waals surface area contributed by atoms with Crippen LogP contribution in [0.5, 0.6) is 17.2 Å². The first kappa shape index (κ1) is 28.1. The lowest BCUT2D eigenvalue weighted by molar-refractivity contribution is 0.102.